The van der Waals surface area contributed by atoms with E-state index in [1.54, 1.807) is 6.07 Å². The summed E-state index contributed by atoms with van der Waals surface area (Å²) in [5, 5.41) is 3.01. The number of halogens is 1. The Labute approximate surface area is 81.1 Å². The van der Waals surface area contributed by atoms with Gasteiger partial charge < -0.3 is 10.7 Å². The Morgan fingerprint density at radius 1 is 1.54 bits per heavy atom. The van der Waals surface area contributed by atoms with E-state index >= 15 is 0 Å². The predicted molar refractivity (Wildman–Crippen MR) is 54.7 cm³/mol. The van der Waals surface area contributed by atoms with Gasteiger partial charge in [-0.3, -0.25) is 0 Å². The summed E-state index contributed by atoms with van der Waals surface area (Å²) in [5.74, 6) is 4.75. The van der Waals surface area contributed by atoms with E-state index in [2.05, 4.69) is 10.7 Å². The minimum Gasteiger partial charge on any atom is -0.331 e. The lowest BCUT2D eigenvalue weighted by atomic mass is 10.2. The van der Waals surface area contributed by atoms with Crippen LogP contribution in [0.2, 0.25) is 0 Å². The standard InChI is InChI=1S/C8H10FN3S/c1-5-2-3-6(9)4-7(5)11-8(13)12-10/h2-4H,10H2,1H3,(H2,11,12,13). The second-order valence-corrected chi connectivity index (χ2v) is 2.97. The second-order valence-electron chi connectivity index (χ2n) is 2.56. The zero-order chi connectivity index (χ0) is 9.84. The lowest BCUT2D eigenvalue weighted by molar-refractivity contribution is 0.628. The Morgan fingerprint density at radius 3 is 2.85 bits per heavy atom. The lowest BCUT2D eigenvalue weighted by Gasteiger charge is -2.09. The highest BCUT2D eigenvalue weighted by Crippen LogP contribution is 2.15. The summed E-state index contributed by atoms with van der Waals surface area (Å²) < 4.78 is 12.8. The van der Waals surface area contributed by atoms with Crippen molar-refractivity contribution in [3.8, 4) is 0 Å². The van der Waals surface area contributed by atoms with E-state index in [1.807, 2.05) is 6.92 Å². The number of anilines is 1. The molecule has 0 aromatic heterocycles. The van der Waals surface area contributed by atoms with Crippen molar-refractivity contribution < 1.29 is 4.39 Å². The van der Waals surface area contributed by atoms with Gasteiger partial charge in [-0.05, 0) is 36.8 Å². The van der Waals surface area contributed by atoms with Crippen LogP contribution >= 0.6 is 12.2 Å². The molecule has 0 bridgehead atoms. The first-order valence-corrected chi connectivity index (χ1v) is 4.08. The molecule has 3 nitrogen and oxygen atoms in total. The molecule has 4 N–H and O–H groups in total. The molecule has 0 heterocycles. The third kappa shape index (κ3) is 2.64. The molecule has 0 amide bonds. The van der Waals surface area contributed by atoms with E-state index < -0.39 is 0 Å². The Bertz CT molecular complexity index is 327. The van der Waals surface area contributed by atoms with Gasteiger partial charge in [-0.15, -0.1) is 0 Å². The molecular weight excluding hydrogens is 189 g/mol. The highest BCUT2D eigenvalue weighted by atomic mass is 32.1. The quantitative estimate of drug-likeness (QED) is 0.362. The number of thiocarbonyl (C=S) groups is 1. The molecule has 0 atom stereocenters. The third-order valence-electron chi connectivity index (χ3n) is 1.58. The first kappa shape index (κ1) is 9.88. The van der Waals surface area contributed by atoms with Crippen LogP contribution < -0.4 is 16.6 Å². The van der Waals surface area contributed by atoms with Crippen LogP contribution in [0.4, 0.5) is 10.1 Å². The maximum Gasteiger partial charge on any atom is 0.185 e. The van der Waals surface area contributed by atoms with Crippen LogP contribution in [0.1, 0.15) is 5.56 Å². The number of hydrogen-bond donors (Lipinski definition) is 3. The minimum absolute atomic E-state index is 0.258. The Morgan fingerprint density at radius 2 is 2.23 bits per heavy atom. The van der Waals surface area contributed by atoms with Crippen molar-refractivity contribution in [3.05, 3.63) is 29.6 Å². The van der Waals surface area contributed by atoms with E-state index in [0.717, 1.165) is 5.56 Å². The van der Waals surface area contributed by atoms with Crippen molar-refractivity contribution in [2.75, 3.05) is 5.32 Å². The molecule has 0 spiro atoms. The van der Waals surface area contributed by atoms with Crippen LogP contribution in [0, 0.1) is 12.7 Å². The number of hydrazine groups is 1. The van der Waals surface area contributed by atoms with Crippen LogP contribution in [0.25, 0.3) is 0 Å². The summed E-state index contributed by atoms with van der Waals surface area (Å²) in [5.41, 5.74) is 3.77. The molecular formula is C8H10FN3S. The normalized spacial score (nSPS) is 9.46. The summed E-state index contributed by atoms with van der Waals surface area (Å²) in [6.07, 6.45) is 0. The Hall–Kier alpha value is -1.20. The molecule has 0 aliphatic carbocycles. The summed E-state index contributed by atoms with van der Waals surface area (Å²) in [7, 11) is 0. The molecule has 0 fully saturated rings. The molecule has 0 unspecified atom stereocenters. The van der Waals surface area contributed by atoms with Gasteiger partial charge in [-0.1, -0.05) is 6.07 Å². The fourth-order valence-electron chi connectivity index (χ4n) is 0.887. The molecule has 0 saturated heterocycles. The second kappa shape index (κ2) is 4.15. The molecule has 5 heteroatoms. The lowest BCUT2D eigenvalue weighted by Crippen LogP contribution is -2.34. The topological polar surface area (TPSA) is 50.1 Å². The van der Waals surface area contributed by atoms with Gasteiger partial charge in [0.2, 0.25) is 0 Å². The highest BCUT2D eigenvalue weighted by molar-refractivity contribution is 7.80. The summed E-state index contributed by atoms with van der Waals surface area (Å²) >= 11 is 4.77. The average molecular weight is 199 g/mol. The number of hydrogen-bond acceptors (Lipinski definition) is 2. The van der Waals surface area contributed by atoms with Gasteiger partial charge in [-0.25, -0.2) is 10.2 Å². The first-order valence-electron chi connectivity index (χ1n) is 3.67. The van der Waals surface area contributed by atoms with Crippen molar-refractivity contribution in [3.63, 3.8) is 0 Å². The molecule has 0 aliphatic rings. The van der Waals surface area contributed by atoms with Gasteiger partial charge in [0.05, 0.1) is 0 Å². The predicted octanol–water partition coefficient (Wildman–Crippen LogP) is 1.29. The zero-order valence-corrected chi connectivity index (χ0v) is 7.91. The summed E-state index contributed by atoms with van der Waals surface area (Å²) in [6, 6.07) is 4.41. The largest absolute Gasteiger partial charge is 0.331 e. The molecule has 70 valence electrons. The van der Waals surface area contributed by atoms with Crippen LogP contribution in [-0.4, -0.2) is 5.11 Å². The van der Waals surface area contributed by atoms with E-state index in [9.17, 15) is 4.39 Å². The molecule has 1 rings (SSSR count). The van der Waals surface area contributed by atoms with Crippen LogP contribution in [0.5, 0.6) is 0 Å². The monoisotopic (exact) mass is 199 g/mol. The van der Waals surface area contributed by atoms with Crippen molar-refractivity contribution in [1.29, 1.82) is 0 Å². The molecule has 13 heavy (non-hydrogen) atoms. The summed E-state index contributed by atoms with van der Waals surface area (Å²) in [6.45, 7) is 1.85. The zero-order valence-electron chi connectivity index (χ0n) is 7.10. The number of aryl methyl sites for hydroxylation is 1. The number of nitrogens with two attached hydrogens (primary N) is 1. The number of rotatable bonds is 1. The maximum atomic E-state index is 12.8. The van der Waals surface area contributed by atoms with Crippen molar-refractivity contribution in [1.82, 2.24) is 5.43 Å². The molecule has 0 aliphatic heterocycles. The van der Waals surface area contributed by atoms with Gasteiger partial charge in [0, 0.05) is 5.69 Å². The first-order chi connectivity index (χ1) is 6.13. The van der Waals surface area contributed by atoms with Gasteiger partial charge in [0.15, 0.2) is 5.11 Å². The van der Waals surface area contributed by atoms with Crippen molar-refractivity contribution in [2.45, 2.75) is 6.92 Å². The molecule has 1 aromatic rings. The van der Waals surface area contributed by atoms with Crippen molar-refractivity contribution >= 4 is 23.0 Å². The Kier molecular flexibility index (Phi) is 3.16. The van der Waals surface area contributed by atoms with Crippen LogP contribution in [0.15, 0.2) is 18.2 Å². The van der Waals surface area contributed by atoms with E-state index in [4.69, 9.17) is 18.1 Å². The van der Waals surface area contributed by atoms with Gasteiger partial charge in [-0.2, -0.15) is 0 Å². The van der Waals surface area contributed by atoms with E-state index in [-0.39, 0.29) is 10.9 Å². The van der Waals surface area contributed by atoms with Gasteiger partial charge >= 0.3 is 0 Å². The van der Waals surface area contributed by atoms with Crippen molar-refractivity contribution in [2.24, 2.45) is 5.84 Å². The Balaban J connectivity index is 2.87. The minimum atomic E-state index is -0.312. The fraction of sp³-hybridized carbons (Fsp3) is 0.125. The average Bonchev–Trinajstić information content (AvgIpc) is 2.11. The van der Waals surface area contributed by atoms with Crippen LogP contribution in [-0.2, 0) is 0 Å². The number of benzene rings is 1. The molecule has 0 saturated carbocycles. The van der Waals surface area contributed by atoms with Crippen LogP contribution in [0.3, 0.4) is 0 Å². The van der Waals surface area contributed by atoms with E-state index in [1.165, 1.54) is 12.1 Å². The smallest absolute Gasteiger partial charge is 0.185 e. The van der Waals surface area contributed by atoms with Gasteiger partial charge in [0.25, 0.3) is 0 Å². The third-order valence-corrected chi connectivity index (χ3v) is 1.80. The summed E-state index contributed by atoms with van der Waals surface area (Å²) in [4.78, 5) is 0. The number of nitrogens with one attached hydrogen (secondary N) is 2. The molecule has 0 radical (unpaired) electrons. The highest BCUT2D eigenvalue weighted by Gasteiger charge is 2.00. The fourth-order valence-corrected chi connectivity index (χ4v) is 0.997. The van der Waals surface area contributed by atoms with Gasteiger partial charge in [0.1, 0.15) is 5.82 Å². The maximum absolute atomic E-state index is 12.8. The molecule has 1 aromatic carbocycles. The SMILES string of the molecule is Cc1ccc(F)cc1NC(=S)NN. The van der Waals surface area contributed by atoms with E-state index in [0.29, 0.717) is 5.69 Å².